The molecule has 0 rings (SSSR count). The highest BCUT2D eigenvalue weighted by molar-refractivity contribution is 5.71. The summed E-state index contributed by atoms with van der Waals surface area (Å²) < 4.78 is 16.8. The number of carbonyl (C=O) groups excluding carboxylic acids is 3. The van der Waals surface area contributed by atoms with Crippen molar-refractivity contribution in [3.63, 3.8) is 0 Å². The van der Waals surface area contributed by atoms with Crippen molar-refractivity contribution < 1.29 is 28.6 Å². The molecule has 0 unspecified atom stereocenters. The van der Waals surface area contributed by atoms with Gasteiger partial charge >= 0.3 is 17.9 Å². The summed E-state index contributed by atoms with van der Waals surface area (Å²) in [6.45, 7) is 6.35. The molecule has 69 heavy (non-hydrogen) atoms. The molecular formula is C63H104O6. The van der Waals surface area contributed by atoms with Gasteiger partial charge in [0.05, 0.1) is 0 Å². The van der Waals surface area contributed by atoms with Gasteiger partial charge in [-0.3, -0.25) is 14.4 Å². The number of allylic oxidation sites excluding steroid dienone is 18. The topological polar surface area (TPSA) is 78.9 Å². The van der Waals surface area contributed by atoms with Crippen molar-refractivity contribution in [1.29, 1.82) is 0 Å². The van der Waals surface area contributed by atoms with Crippen LogP contribution >= 0.6 is 0 Å². The molecule has 0 aromatic rings. The lowest BCUT2D eigenvalue weighted by Gasteiger charge is -2.18. The van der Waals surface area contributed by atoms with E-state index >= 15 is 0 Å². The zero-order valence-corrected chi connectivity index (χ0v) is 44.8. The van der Waals surface area contributed by atoms with Crippen LogP contribution in [0.2, 0.25) is 0 Å². The number of hydrogen-bond donors (Lipinski definition) is 0. The van der Waals surface area contributed by atoms with Gasteiger partial charge in [0.1, 0.15) is 13.2 Å². The molecule has 0 aliphatic rings. The number of ether oxygens (including phenoxy) is 3. The SMILES string of the molecule is CC/C=C/C/C=C/C/C=C/C/C=C/C/C=C/CCCC(=O)O[C@H](COC(=O)CCCCCCC/C=C/C/C=C/C/C=C/CC)COC(=O)CCCCCCCCCCC/C=C/CCCCCCCC. The third-order valence-corrected chi connectivity index (χ3v) is 11.7. The predicted octanol–water partition coefficient (Wildman–Crippen LogP) is 19.1. The van der Waals surface area contributed by atoms with Crippen molar-refractivity contribution in [2.75, 3.05) is 13.2 Å². The van der Waals surface area contributed by atoms with E-state index in [9.17, 15) is 14.4 Å². The van der Waals surface area contributed by atoms with E-state index in [4.69, 9.17) is 14.2 Å². The Morgan fingerprint density at radius 3 is 0.942 bits per heavy atom. The van der Waals surface area contributed by atoms with Crippen LogP contribution in [0, 0.1) is 0 Å². The van der Waals surface area contributed by atoms with Gasteiger partial charge in [-0.1, -0.05) is 226 Å². The number of rotatable bonds is 50. The summed E-state index contributed by atoms with van der Waals surface area (Å²) in [5, 5.41) is 0. The molecule has 0 aromatic carbocycles. The van der Waals surface area contributed by atoms with E-state index in [-0.39, 0.29) is 37.5 Å². The van der Waals surface area contributed by atoms with Crippen LogP contribution in [0.3, 0.4) is 0 Å². The molecule has 0 aliphatic heterocycles. The Labute approximate surface area is 425 Å². The van der Waals surface area contributed by atoms with E-state index in [0.29, 0.717) is 19.3 Å². The van der Waals surface area contributed by atoms with Gasteiger partial charge in [0.25, 0.3) is 0 Å². The van der Waals surface area contributed by atoms with E-state index < -0.39 is 6.10 Å². The highest BCUT2D eigenvalue weighted by atomic mass is 16.6. The fraction of sp³-hybridized carbons (Fsp3) is 0.667. The van der Waals surface area contributed by atoms with Gasteiger partial charge in [-0.05, 0) is 116 Å². The molecule has 0 spiro atoms. The zero-order chi connectivity index (χ0) is 50.0. The molecule has 392 valence electrons. The minimum absolute atomic E-state index is 0.109. The Bertz CT molecular complexity index is 1420. The maximum absolute atomic E-state index is 12.8. The van der Waals surface area contributed by atoms with E-state index in [0.717, 1.165) is 116 Å². The summed E-state index contributed by atoms with van der Waals surface area (Å²) in [6.07, 6.45) is 76.5. The molecule has 0 N–H and O–H groups in total. The Balaban J connectivity index is 4.49. The van der Waals surface area contributed by atoms with Gasteiger partial charge in [-0.15, -0.1) is 0 Å². The predicted molar refractivity (Wildman–Crippen MR) is 297 cm³/mol. The monoisotopic (exact) mass is 957 g/mol. The third kappa shape index (κ3) is 54.9. The van der Waals surface area contributed by atoms with Crippen molar-refractivity contribution in [2.45, 2.75) is 258 Å². The molecule has 0 amide bonds. The van der Waals surface area contributed by atoms with E-state index in [2.05, 4.69) is 130 Å². The number of hydrogen-bond acceptors (Lipinski definition) is 6. The third-order valence-electron chi connectivity index (χ3n) is 11.7. The highest BCUT2D eigenvalue weighted by Crippen LogP contribution is 2.14. The smallest absolute Gasteiger partial charge is 0.306 e. The van der Waals surface area contributed by atoms with Crippen molar-refractivity contribution in [2.24, 2.45) is 0 Å². The first-order valence-corrected chi connectivity index (χ1v) is 28.4. The lowest BCUT2D eigenvalue weighted by Crippen LogP contribution is -2.30. The van der Waals surface area contributed by atoms with E-state index in [1.54, 1.807) is 0 Å². The molecule has 0 heterocycles. The second-order valence-corrected chi connectivity index (χ2v) is 18.4. The Morgan fingerprint density at radius 2 is 0.580 bits per heavy atom. The van der Waals surface area contributed by atoms with Crippen molar-refractivity contribution >= 4 is 17.9 Å². The molecule has 0 aromatic heterocycles. The molecule has 0 saturated carbocycles. The van der Waals surface area contributed by atoms with Crippen molar-refractivity contribution in [3.05, 3.63) is 109 Å². The molecule has 0 radical (unpaired) electrons. The molecule has 0 fully saturated rings. The number of carbonyl (C=O) groups is 3. The van der Waals surface area contributed by atoms with Gasteiger partial charge < -0.3 is 14.2 Å². The maximum Gasteiger partial charge on any atom is 0.306 e. The van der Waals surface area contributed by atoms with Crippen LogP contribution in [0.25, 0.3) is 0 Å². The average molecular weight is 958 g/mol. The molecule has 6 heteroatoms. The molecule has 6 nitrogen and oxygen atoms in total. The Kier molecular flexibility index (Phi) is 53.4. The summed E-state index contributed by atoms with van der Waals surface area (Å²) in [6, 6.07) is 0. The van der Waals surface area contributed by atoms with Gasteiger partial charge in [0.2, 0.25) is 0 Å². The van der Waals surface area contributed by atoms with Gasteiger partial charge in [0, 0.05) is 19.3 Å². The van der Waals surface area contributed by atoms with Crippen LogP contribution in [-0.2, 0) is 28.6 Å². The molecule has 0 bridgehead atoms. The summed E-state index contributed by atoms with van der Waals surface area (Å²) >= 11 is 0. The number of unbranched alkanes of at least 4 members (excludes halogenated alkanes) is 21. The molecule has 0 saturated heterocycles. The quantitative estimate of drug-likeness (QED) is 0.0262. The average Bonchev–Trinajstić information content (AvgIpc) is 3.35. The molecule has 0 aliphatic carbocycles. The summed E-state index contributed by atoms with van der Waals surface area (Å²) in [5.74, 6) is -0.987. The van der Waals surface area contributed by atoms with E-state index in [1.165, 1.54) is 89.9 Å². The van der Waals surface area contributed by atoms with Gasteiger partial charge in [-0.2, -0.15) is 0 Å². The first-order valence-electron chi connectivity index (χ1n) is 28.4. The maximum atomic E-state index is 12.8. The lowest BCUT2D eigenvalue weighted by atomic mass is 10.1. The van der Waals surface area contributed by atoms with Gasteiger partial charge in [-0.25, -0.2) is 0 Å². The minimum Gasteiger partial charge on any atom is -0.462 e. The Hall–Kier alpha value is -3.93. The molecule has 1 atom stereocenters. The summed E-state index contributed by atoms with van der Waals surface area (Å²) in [5.41, 5.74) is 0. The van der Waals surface area contributed by atoms with Crippen LogP contribution in [0.4, 0.5) is 0 Å². The van der Waals surface area contributed by atoms with Crippen LogP contribution < -0.4 is 0 Å². The van der Waals surface area contributed by atoms with E-state index in [1.807, 2.05) is 0 Å². The standard InChI is InChI=1S/C63H104O6/c1-4-7-10-13-16-19-22-25-28-30-31-33-35-38-41-44-47-50-53-56-62(65)68-59-60(58-67-61(64)55-52-49-46-43-40-37-34-27-24-21-18-15-12-9-6-3)69-63(66)57-54-51-48-45-42-39-36-32-29-26-23-20-17-14-11-8-5-2/h8-9,11-12,17-18,20-21,25-29,34,36,39,45,48,60H,4-7,10,13-16,19,22-24,30-33,35,37-38,40-44,46-47,49-59H2,1-3H3/b11-8+,12-9+,20-17+,21-18+,28-25+,29-26+,34-27+,39-36+,48-45+/t60-/m1/s1. The summed E-state index contributed by atoms with van der Waals surface area (Å²) in [7, 11) is 0. The first-order chi connectivity index (χ1) is 34.0. The first kappa shape index (κ1) is 65.1. The second-order valence-electron chi connectivity index (χ2n) is 18.4. The molecular weight excluding hydrogens is 853 g/mol. The lowest BCUT2D eigenvalue weighted by molar-refractivity contribution is -0.167. The minimum atomic E-state index is -0.818. The van der Waals surface area contributed by atoms with Crippen LogP contribution in [0.5, 0.6) is 0 Å². The Morgan fingerprint density at radius 1 is 0.304 bits per heavy atom. The van der Waals surface area contributed by atoms with Crippen LogP contribution in [0.15, 0.2) is 109 Å². The van der Waals surface area contributed by atoms with Crippen LogP contribution in [0.1, 0.15) is 252 Å². The fourth-order valence-electron chi connectivity index (χ4n) is 7.55. The zero-order valence-electron chi connectivity index (χ0n) is 44.8. The van der Waals surface area contributed by atoms with Crippen molar-refractivity contribution in [1.82, 2.24) is 0 Å². The fourth-order valence-corrected chi connectivity index (χ4v) is 7.55. The second kappa shape index (κ2) is 56.7. The highest BCUT2D eigenvalue weighted by Gasteiger charge is 2.19. The summed E-state index contributed by atoms with van der Waals surface area (Å²) in [4.78, 5) is 38.1. The normalized spacial score (nSPS) is 12.9. The van der Waals surface area contributed by atoms with Gasteiger partial charge in [0.15, 0.2) is 6.10 Å². The van der Waals surface area contributed by atoms with Crippen molar-refractivity contribution in [3.8, 4) is 0 Å². The number of esters is 3. The van der Waals surface area contributed by atoms with Crippen LogP contribution in [-0.4, -0.2) is 37.2 Å². The largest absolute Gasteiger partial charge is 0.462 e.